The number of fused-ring (bicyclic) bond motifs is 1. The van der Waals surface area contributed by atoms with Crippen molar-refractivity contribution in [3.8, 4) is 11.4 Å². The first-order chi connectivity index (χ1) is 8.27. The van der Waals surface area contributed by atoms with Gasteiger partial charge >= 0.3 is 0 Å². The smallest absolute Gasteiger partial charge is 0.171 e. The molecule has 0 unspecified atom stereocenters. The standard InChI is InChI=1S/C11H8ClN5/c12-8-3-1-2-7(10(8)13)11-16-15-9-4-5-14-6-17(9)11/h1-6H,13H2. The molecule has 0 atom stereocenters. The summed E-state index contributed by atoms with van der Waals surface area (Å²) in [5.41, 5.74) is 7.89. The van der Waals surface area contributed by atoms with Gasteiger partial charge < -0.3 is 5.73 Å². The van der Waals surface area contributed by atoms with Crippen molar-refractivity contribution in [1.29, 1.82) is 0 Å². The lowest BCUT2D eigenvalue weighted by Gasteiger charge is -2.04. The summed E-state index contributed by atoms with van der Waals surface area (Å²) in [7, 11) is 0. The highest BCUT2D eigenvalue weighted by Gasteiger charge is 2.12. The highest BCUT2D eigenvalue weighted by molar-refractivity contribution is 6.33. The molecule has 2 N–H and O–H groups in total. The van der Waals surface area contributed by atoms with E-state index in [0.29, 0.717) is 16.5 Å². The molecule has 5 nitrogen and oxygen atoms in total. The van der Waals surface area contributed by atoms with Gasteiger partial charge in [-0.3, -0.25) is 4.40 Å². The molecule has 3 aromatic rings. The minimum absolute atomic E-state index is 0.493. The zero-order valence-corrected chi connectivity index (χ0v) is 9.46. The Kier molecular flexibility index (Phi) is 2.19. The van der Waals surface area contributed by atoms with Gasteiger partial charge in [0.15, 0.2) is 11.5 Å². The normalized spacial score (nSPS) is 10.9. The van der Waals surface area contributed by atoms with Crippen LogP contribution in [-0.2, 0) is 0 Å². The fourth-order valence-corrected chi connectivity index (χ4v) is 1.84. The van der Waals surface area contributed by atoms with Crippen LogP contribution in [0.5, 0.6) is 0 Å². The Morgan fingerprint density at radius 3 is 2.94 bits per heavy atom. The molecule has 3 rings (SSSR count). The summed E-state index contributed by atoms with van der Waals surface area (Å²) < 4.78 is 1.77. The molecule has 6 heteroatoms. The molecule has 0 aliphatic rings. The van der Waals surface area contributed by atoms with E-state index in [1.165, 1.54) is 0 Å². The quantitative estimate of drug-likeness (QED) is 0.666. The summed E-state index contributed by atoms with van der Waals surface area (Å²) in [5, 5.41) is 8.64. The topological polar surface area (TPSA) is 69.1 Å². The van der Waals surface area contributed by atoms with Crippen molar-refractivity contribution >= 4 is 22.9 Å². The second-order valence-electron chi connectivity index (χ2n) is 3.53. The third kappa shape index (κ3) is 1.52. The van der Waals surface area contributed by atoms with Crippen molar-refractivity contribution in [3.63, 3.8) is 0 Å². The van der Waals surface area contributed by atoms with E-state index >= 15 is 0 Å². The number of benzene rings is 1. The van der Waals surface area contributed by atoms with Crippen LogP contribution in [0.15, 0.2) is 36.8 Å². The lowest BCUT2D eigenvalue weighted by Crippen LogP contribution is -1.95. The molecule has 0 bridgehead atoms. The lowest BCUT2D eigenvalue weighted by molar-refractivity contribution is 1.08. The number of halogens is 1. The van der Waals surface area contributed by atoms with Gasteiger partial charge in [-0.2, -0.15) is 0 Å². The van der Waals surface area contributed by atoms with Crippen LogP contribution >= 0.6 is 11.6 Å². The predicted octanol–water partition coefficient (Wildman–Crippen LogP) is 2.03. The van der Waals surface area contributed by atoms with Crippen molar-refractivity contribution in [2.75, 3.05) is 5.73 Å². The zero-order chi connectivity index (χ0) is 11.8. The summed E-state index contributed by atoms with van der Waals surface area (Å²) in [6.45, 7) is 0. The van der Waals surface area contributed by atoms with Crippen molar-refractivity contribution < 1.29 is 0 Å². The zero-order valence-electron chi connectivity index (χ0n) is 8.71. The summed E-state index contributed by atoms with van der Waals surface area (Å²) in [6.07, 6.45) is 3.31. The van der Waals surface area contributed by atoms with Crippen LogP contribution in [0.4, 0.5) is 5.69 Å². The van der Waals surface area contributed by atoms with Crippen molar-refractivity contribution in [2.45, 2.75) is 0 Å². The van der Waals surface area contributed by atoms with Crippen molar-refractivity contribution in [1.82, 2.24) is 19.6 Å². The number of hydrogen-bond donors (Lipinski definition) is 1. The van der Waals surface area contributed by atoms with Crippen LogP contribution in [0.25, 0.3) is 17.0 Å². The number of nitrogens with two attached hydrogens (primary N) is 1. The van der Waals surface area contributed by atoms with Gasteiger partial charge in [-0.1, -0.05) is 17.7 Å². The van der Waals surface area contributed by atoms with E-state index in [-0.39, 0.29) is 0 Å². The van der Waals surface area contributed by atoms with Crippen LogP contribution in [0.2, 0.25) is 5.02 Å². The summed E-state index contributed by atoms with van der Waals surface area (Å²) in [5.74, 6) is 0.633. The SMILES string of the molecule is Nc1c(Cl)cccc1-c1nnc2ccncn12. The van der Waals surface area contributed by atoms with Gasteiger partial charge in [0.1, 0.15) is 6.33 Å². The minimum atomic E-state index is 0.493. The fourth-order valence-electron chi connectivity index (χ4n) is 1.66. The van der Waals surface area contributed by atoms with E-state index in [1.54, 1.807) is 29.1 Å². The number of nitrogens with zero attached hydrogens (tertiary/aromatic N) is 4. The van der Waals surface area contributed by atoms with E-state index in [2.05, 4.69) is 15.2 Å². The molecule has 0 saturated carbocycles. The van der Waals surface area contributed by atoms with E-state index in [0.717, 1.165) is 11.2 Å². The summed E-state index contributed by atoms with van der Waals surface area (Å²) >= 11 is 5.98. The number of nitrogen functional groups attached to an aromatic ring is 1. The molecule has 1 aromatic carbocycles. The summed E-state index contributed by atoms with van der Waals surface area (Å²) in [6, 6.07) is 7.19. The maximum Gasteiger partial charge on any atom is 0.171 e. The maximum absolute atomic E-state index is 5.98. The third-order valence-electron chi connectivity index (χ3n) is 2.51. The van der Waals surface area contributed by atoms with Crippen LogP contribution in [-0.4, -0.2) is 19.6 Å². The van der Waals surface area contributed by atoms with Crippen LogP contribution < -0.4 is 5.73 Å². The molecule has 0 amide bonds. The molecule has 17 heavy (non-hydrogen) atoms. The highest BCUT2D eigenvalue weighted by atomic mass is 35.5. The second kappa shape index (κ2) is 3.71. The average Bonchev–Trinajstić information content (AvgIpc) is 2.77. The Balaban J connectivity index is 2.31. The van der Waals surface area contributed by atoms with Crippen molar-refractivity contribution in [2.24, 2.45) is 0 Å². The van der Waals surface area contributed by atoms with E-state index in [4.69, 9.17) is 17.3 Å². The molecule has 0 saturated heterocycles. The third-order valence-corrected chi connectivity index (χ3v) is 2.84. The molecule has 84 valence electrons. The number of anilines is 1. The van der Waals surface area contributed by atoms with Gasteiger partial charge in [0.2, 0.25) is 0 Å². The largest absolute Gasteiger partial charge is 0.397 e. The van der Waals surface area contributed by atoms with E-state index in [1.807, 2.05) is 12.1 Å². The number of para-hydroxylation sites is 1. The Morgan fingerprint density at radius 1 is 1.18 bits per heavy atom. The molecule has 0 fully saturated rings. The first-order valence-corrected chi connectivity index (χ1v) is 5.34. The summed E-state index contributed by atoms with van der Waals surface area (Å²) in [4.78, 5) is 4.03. The van der Waals surface area contributed by atoms with Gasteiger partial charge in [0.05, 0.1) is 10.7 Å². The predicted molar refractivity (Wildman–Crippen MR) is 65.6 cm³/mol. The molecule has 0 aliphatic heterocycles. The molecule has 0 spiro atoms. The molecule has 2 heterocycles. The van der Waals surface area contributed by atoms with Gasteiger partial charge in [0, 0.05) is 17.8 Å². The fraction of sp³-hybridized carbons (Fsp3) is 0. The molecular weight excluding hydrogens is 238 g/mol. The van der Waals surface area contributed by atoms with E-state index in [9.17, 15) is 0 Å². The molecular formula is C11H8ClN5. The first-order valence-electron chi connectivity index (χ1n) is 4.96. The molecule has 0 radical (unpaired) electrons. The minimum Gasteiger partial charge on any atom is -0.397 e. The van der Waals surface area contributed by atoms with Crippen LogP contribution in [0.3, 0.4) is 0 Å². The number of rotatable bonds is 1. The number of hydrogen-bond acceptors (Lipinski definition) is 4. The van der Waals surface area contributed by atoms with Crippen LogP contribution in [0.1, 0.15) is 0 Å². The van der Waals surface area contributed by atoms with Gasteiger partial charge in [-0.25, -0.2) is 4.98 Å². The molecule has 2 aromatic heterocycles. The lowest BCUT2D eigenvalue weighted by atomic mass is 10.1. The van der Waals surface area contributed by atoms with Crippen LogP contribution in [0, 0.1) is 0 Å². The van der Waals surface area contributed by atoms with E-state index < -0.39 is 0 Å². The van der Waals surface area contributed by atoms with Gasteiger partial charge in [-0.05, 0) is 12.1 Å². The van der Waals surface area contributed by atoms with Crippen molar-refractivity contribution in [3.05, 3.63) is 41.8 Å². The Hall–Kier alpha value is -2.14. The Morgan fingerprint density at radius 2 is 2.06 bits per heavy atom. The van der Waals surface area contributed by atoms with Gasteiger partial charge in [0.25, 0.3) is 0 Å². The maximum atomic E-state index is 5.98. The first kappa shape index (κ1) is 10.0. The van der Waals surface area contributed by atoms with Gasteiger partial charge in [-0.15, -0.1) is 10.2 Å². The monoisotopic (exact) mass is 245 g/mol. The Labute approximate surface area is 102 Å². The Bertz CT molecular complexity index is 691. The number of aromatic nitrogens is 4. The second-order valence-corrected chi connectivity index (χ2v) is 3.94. The highest BCUT2D eigenvalue weighted by Crippen LogP contribution is 2.30. The molecule has 0 aliphatic carbocycles. The average molecular weight is 246 g/mol.